The zero-order valence-electron chi connectivity index (χ0n) is 13.6. The molecule has 1 heterocycles. The molecule has 0 radical (unpaired) electrons. The van der Waals surface area contributed by atoms with Crippen LogP contribution in [-0.2, 0) is 11.3 Å². The van der Waals surface area contributed by atoms with Crippen LogP contribution in [0.5, 0.6) is 5.75 Å². The first-order valence-electron chi connectivity index (χ1n) is 7.74. The van der Waals surface area contributed by atoms with E-state index in [1.54, 1.807) is 55.6 Å². The number of aromatic nitrogens is 2. The summed E-state index contributed by atoms with van der Waals surface area (Å²) < 4.78 is 6.50. The maximum atomic E-state index is 12.2. The van der Waals surface area contributed by atoms with Crippen LogP contribution in [0.3, 0.4) is 0 Å². The minimum Gasteiger partial charge on any atom is -0.497 e. The second-order valence-electron chi connectivity index (χ2n) is 5.46. The molecule has 1 amide bonds. The number of hydrogen-bond acceptors (Lipinski definition) is 4. The van der Waals surface area contributed by atoms with E-state index in [2.05, 4.69) is 10.3 Å². The number of ether oxygens (including phenoxy) is 1. The highest BCUT2D eigenvalue weighted by atomic mass is 16.5. The van der Waals surface area contributed by atoms with Crippen LogP contribution in [0.15, 0.2) is 58.1 Å². The standard InChI is InChI=1S/C18H17N3O4/c1-25-13-6-4-5-12(11-13)19-16(22)9-10-21-15-8-3-2-7-14(15)17(23)20-18(21)24/h2-8,11H,9-10H2,1H3,(H,19,22)(H,20,23,24). The van der Waals surface area contributed by atoms with Crippen molar-refractivity contribution in [3.05, 3.63) is 69.4 Å². The molecule has 1 aromatic heterocycles. The van der Waals surface area contributed by atoms with Gasteiger partial charge < -0.3 is 10.1 Å². The van der Waals surface area contributed by atoms with Crippen molar-refractivity contribution in [3.8, 4) is 5.75 Å². The van der Waals surface area contributed by atoms with Crippen molar-refractivity contribution >= 4 is 22.5 Å². The Bertz CT molecular complexity index is 1040. The molecule has 25 heavy (non-hydrogen) atoms. The highest BCUT2D eigenvalue weighted by Gasteiger charge is 2.09. The van der Waals surface area contributed by atoms with Gasteiger partial charge in [0.2, 0.25) is 5.91 Å². The Balaban J connectivity index is 1.77. The van der Waals surface area contributed by atoms with Crippen LogP contribution in [-0.4, -0.2) is 22.6 Å². The zero-order valence-corrected chi connectivity index (χ0v) is 13.6. The van der Waals surface area contributed by atoms with Crippen LogP contribution in [0.1, 0.15) is 6.42 Å². The van der Waals surface area contributed by atoms with Gasteiger partial charge in [-0.1, -0.05) is 18.2 Å². The summed E-state index contributed by atoms with van der Waals surface area (Å²) in [7, 11) is 1.55. The van der Waals surface area contributed by atoms with E-state index in [4.69, 9.17) is 4.74 Å². The third kappa shape index (κ3) is 3.60. The number of nitrogens with zero attached hydrogens (tertiary/aromatic N) is 1. The lowest BCUT2D eigenvalue weighted by atomic mass is 10.2. The Morgan fingerprint density at radius 1 is 1.16 bits per heavy atom. The number of carbonyl (C=O) groups excluding carboxylic acids is 1. The summed E-state index contributed by atoms with van der Waals surface area (Å²) in [4.78, 5) is 38.3. The van der Waals surface area contributed by atoms with E-state index in [-0.39, 0.29) is 18.9 Å². The second-order valence-corrected chi connectivity index (χ2v) is 5.46. The summed E-state index contributed by atoms with van der Waals surface area (Å²) in [6.07, 6.45) is 0.0904. The first kappa shape index (κ1) is 16.5. The number of methoxy groups -OCH3 is 1. The normalized spacial score (nSPS) is 10.6. The number of benzene rings is 2. The van der Waals surface area contributed by atoms with Gasteiger partial charge in [0.25, 0.3) is 5.56 Å². The monoisotopic (exact) mass is 339 g/mol. The van der Waals surface area contributed by atoms with Gasteiger partial charge in [-0.2, -0.15) is 0 Å². The Kier molecular flexibility index (Phi) is 4.65. The molecule has 0 aliphatic rings. The van der Waals surface area contributed by atoms with Crippen molar-refractivity contribution in [1.82, 2.24) is 9.55 Å². The van der Waals surface area contributed by atoms with Gasteiger partial charge in [-0.15, -0.1) is 0 Å². The highest BCUT2D eigenvalue weighted by molar-refractivity contribution is 5.91. The average molecular weight is 339 g/mol. The van der Waals surface area contributed by atoms with E-state index in [0.29, 0.717) is 22.3 Å². The van der Waals surface area contributed by atoms with E-state index in [1.807, 2.05) is 0 Å². The smallest absolute Gasteiger partial charge is 0.328 e. The summed E-state index contributed by atoms with van der Waals surface area (Å²) >= 11 is 0. The van der Waals surface area contributed by atoms with Crippen LogP contribution in [0.2, 0.25) is 0 Å². The van der Waals surface area contributed by atoms with Crippen LogP contribution in [0.4, 0.5) is 5.69 Å². The Morgan fingerprint density at radius 3 is 2.76 bits per heavy atom. The first-order chi connectivity index (χ1) is 12.1. The largest absolute Gasteiger partial charge is 0.497 e. The van der Waals surface area contributed by atoms with Gasteiger partial charge in [0.15, 0.2) is 0 Å². The van der Waals surface area contributed by atoms with Crippen molar-refractivity contribution in [1.29, 1.82) is 0 Å². The van der Waals surface area contributed by atoms with Crippen LogP contribution in [0, 0.1) is 0 Å². The van der Waals surface area contributed by atoms with Crippen molar-refractivity contribution in [2.75, 3.05) is 12.4 Å². The van der Waals surface area contributed by atoms with Gasteiger partial charge in [0.05, 0.1) is 18.0 Å². The predicted octanol–water partition coefficient (Wildman–Crippen LogP) is 1.73. The fraction of sp³-hybridized carbons (Fsp3) is 0.167. The van der Waals surface area contributed by atoms with Gasteiger partial charge >= 0.3 is 5.69 Å². The summed E-state index contributed by atoms with van der Waals surface area (Å²) in [6.45, 7) is 0.159. The maximum absolute atomic E-state index is 12.2. The van der Waals surface area contributed by atoms with Crippen LogP contribution < -0.4 is 21.3 Å². The SMILES string of the molecule is COc1cccc(NC(=O)CCn2c(=O)[nH]c(=O)c3ccccc32)c1. The third-order valence-electron chi connectivity index (χ3n) is 3.82. The molecule has 3 rings (SSSR count). The van der Waals surface area contributed by atoms with E-state index in [0.717, 1.165) is 0 Å². The molecule has 0 atom stereocenters. The zero-order chi connectivity index (χ0) is 17.8. The molecule has 2 N–H and O–H groups in total. The van der Waals surface area contributed by atoms with Gasteiger partial charge in [-0.3, -0.25) is 19.1 Å². The fourth-order valence-corrected chi connectivity index (χ4v) is 2.60. The number of aromatic amines is 1. The van der Waals surface area contributed by atoms with Crippen LogP contribution >= 0.6 is 0 Å². The molecule has 0 saturated heterocycles. The third-order valence-corrected chi connectivity index (χ3v) is 3.82. The average Bonchev–Trinajstić information content (AvgIpc) is 2.61. The minimum absolute atomic E-state index is 0.0904. The molecule has 7 heteroatoms. The van der Waals surface area contributed by atoms with Crippen molar-refractivity contribution in [2.45, 2.75) is 13.0 Å². The van der Waals surface area contributed by atoms with Crippen LogP contribution in [0.25, 0.3) is 10.9 Å². The lowest BCUT2D eigenvalue weighted by molar-refractivity contribution is -0.116. The van der Waals surface area contributed by atoms with Gasteiger partial charge in [0.1, 0.15) is 5.75 Å². The van der Waals surface area contributed by atoms with Crippen molar-refractivity contribution in [3.63, 3.8) is 0 Å². The number of carbonyl (C=O) groups is 1. The van der Waals surface area contributed by atoms with E-state index in [9.17, 15) is 14.4 Å². The maximum Gasteiger partial charge on any atom is 0.328 e. The molecule has 2 aromatic carbocycles. The summed E-state index contributed by atoms with van der Waals surface area (Å²) in [6, 6.07) is 13.8. The number of anilines is 1. The lowest BCUT2D eigenvalue weighted by Crippen LogP contribution is -2.31. The number of nitrogens with one attached hydrogen (secondary N) is 2. The molecule has 3 aromatic rings. The first-order valence-corrected chi connectivity index (χ1v) is 7.74. The topological polar surface area (TPSA) is 93.2 Å². The molecule has 0 aliphatic carbocycles. The van der Waals surface area contributed by atoms with E-state index >= 15 is 0 Å². The molecule has 0 aliphatic heterocycles. The Hall–Kier alpha value is -3.35. The number of amides is 1. The predicted molar refractivity (Wildman–Crippen MR) is 95.1 cm³/mol. The van der Waals surface area contributed by atoms with Crippen molar-refractivity contribution < 1.29 is 9.53 Å². The number of aryl methyl sites for hydroxylation is 1. The molecule has 0 saturated carbocycles. The molecule has 0 unspecified atom stereocenters. The van der Waals surface area contributed by atoms with E-state index in [1.165, 1.54) is 4.57 Å². The molecule has 7 nitrogen and oxygen atoms in total. The summed E-state index contributed by atoms with van der Waals surface area (Å²) in [5.41, 5.74) is 0.156. The molecule has 0 fully saturated rings. The van der Waals surface area contributed by atoms with E-state index < -0.39 is 11.2 Å². The molecular weight excluding hydrogens is 322 g/mol. The summed E-state index contributed by atoms with van der Waals surface area (Å²) in [5.74, 6) is 0.399. The quantitative estimate of drug-likeness (QED) is 0.740. The number of rotatable bonds is 5. The Labute approximate surface area is 142 Å². The van der Waals surface area contributed by atoms with Gasteiger partial charge in [-0.05, 0) is 24.3 Å². The number of para-hydroxylation sites is 1. The summed E-state index contributed by atoms with van der Waals surface area (Å²) in [5, 5.41) is 3.17. The van der Waals surface area contributed by atoms with Crippen molar-refractivity contribution in [2.24, 2.45) is 0 Å². The van der Waals surface area contributed by atoms with Gasteiger partial charge in [0, 0.05) is 24.7 Å². The molecular formula is C18H17N3O4. The number of hydrogen-bond donors (Lipinski definition) is 2. The number of fused-ring (bicyclic) bond motifs is 1. The minimum atomic E-state index is -0.530. The molecule has 0 spiro atoms. The number of H-pyrrole nitrogens is 1. The molecule has 128 valence electrons. The Morgan fingerprint density at radius 2 is 1.96 bits per heavy atom. The second kappa shape index (κ2) is 7.04. The fourth-order valence-electron chi connectivity index (χ4n) is 2.60. The lowest BCUT2D eigenvalue weighted by Gasteiger charge is -2.10. The van der Waals surface area contributed by atoms with Gasteiger partial charge in [-0.25, -0.2) is 4.79 Å². The highest BCUT2D eigenvalue weighted by Crippen LogP contribution is 2.17. The molecule has 0 bridgehead atoms.